The van der Waals surface area contributed by atoms with Gasteiger partial charge in [-0.05, 0) is 65.4 Å². The molecule has 0 saturated carbocycles. The number of ether oxygens (including phenoxy) is 1. The molecule has 2 aromatic rings. The number of carbonyl (C=O) groups excluding carboxylic acids is 1. The van der Waals surface area contributed by atoms with E-state index in [2.05, 4.69) is 27.9 Å². The van der Waals surface area contributed by atoms with Gasteiger partial charge in [0.05, 0.1) is 6.61 Å². The molecule has 1 N–H and O–H groups in total. The Bertz CT molecular complexity index is 779. The molecule has 0 aliphatic rings. The number of anilines is 1. The van der Waals surface area contributed by atoms with Gasteiger partial charge in [0, 0.05) is 15.3 Å². The first-order valence-corrected chi connectivity index (χ1v) is 8.12. The van der Waals surface area contributed by atoms with Gasteiger partial charge in [0.2, 0.25) is 0 Å². The lowest BCUT2D eigenvalue weighted by Gasteiger charge is -2.07. The van der Waals surface area contributed by atoms with Gasteiger partial charge in [-0.25, -0.2) is 0 Å². The summed E-state index contributed by atoms with van der Waals surface area (Å²) in [6.07, 6.45) is 1.57. The molecule has 2 rings (SSSR count). The summed E-state index contributed by atoms with van der Waals surface area (Å²) < 4.78 is 6.43. The zero-order valence-corrected chi connectivity index (χ0v) is 14.7. The first-order valence-electron chi connectivity index (χ1n) is 7.04. The largest absolute Gasteiger partial charge is 0.494 e. The van der Waals surface area contributed by atoms with Crippen molar-refractivity contribution in [3.05, 3.63) is 63.2 Å². The van der Waals surface area contributed by atoms with E-state index in [4.69, 9.17) is 4.74 Å². The van der Waals surface area contributed by atoms with Crippen LogP contribution in [0.5, 0.6) is 5.75 Å². The zero-order chi connectivity index (χ0) is 16.7. The van der Waals surface area contributed by atoms with Crippen molar-refractivity contribution in [2.45, 2.75) is 6.92 Å². The minimum Gasteiger partial charge on any atom is -0.494 e. The van der Waals surface area contributed by atoms with Gasteiger partial charge in [0.25, 0.3) is 5.91 Å². The third-order valence-corrected chi connectivity index (χ3v) is 3.60. The summed E-state index contributed by atoms with van der Waals surface area (Å²) in [5, 5.41) is 12.0. The Balaban J connectivity index is 2.18. The Kier molecular flexibility index (Phi) is 6.18. The fraction of sp³-hybridized carbons (Fsp3) is 0.111. The normalized spacial score (nSPS) is 10.7. The van der Waals surface area contributed by atoms with E-state index in [0.29, 0.717) is 18.0 Å². The van der Waals surface area contributed by atoms with Crippen LogP contribution < -0.4 is 10.1 Å². The molecule has 1 amide bonds. The SMILES string of the molecule is CCOc1cccc(NC(=O)C(C#N)=Cc2cccc(I)c2)c1. The molecule has 0 aliphatic carbocycles. The summed E-state index contributed by atoms with van der Waals surface area (Å²) >= 11 is 2.18. The molecule has 0 heterocycles. The van der Waals surface area contributed by atoms with Crippen LogP contribution >= 0.6 is 22.6 Å². The summed E-state index contributed by atoms with van der Waals surface area (Å²) in [6, 6.07) is 16.6. The van der Waals surface area contributed by atoms with Crippen molar-refractivity contribution in [2.75, 3.05) is 11.9 Å². The highest BCUT2D eigenvalue weighted by atomic mass is 127. The Labute approximate surface area is 148 Å². The summed E-state index contributed by atoms with van der Waals surface area (Å²) in [5.74, 6) is 0.227. The molecule has 0 aromatic heterocycles. The number of amides is 1. The maximum absolute atomic E-state index is 12.3. The highest BCUT2D eigenvalue weighted by Gasteiger charge is 2.10. The predicted octanol–water partition coefficient (Wildman–Crippen LogP) is 4.24. The third kappa shape index (κ3) is 5.11. The van der Waals surface area contributed by atoms with Gasteiger partial charge >= 0.3 is 0 Å². The molecular weight excluding hydrogens is 403 g/mol. The van der Waals surface area contributed by atoms with Crippen molar-refractivity contribution in [3.8, 4) is 11.8 Å². The van der Waals surface area contributed by atoms with E-state index in [1.807, 2.05) is 43.3 Å². The number of halogens is 1. The Morgan fingerprint density at radius 2 is 2.09 bits per heavy atom. The molecule has 0 fully saturated rings. The van der Waals surface area contributed by atoms with Crippen molar-refractivity contribution in [2.24, 2.45) is 0 Å². The fourth-order valence-electron chi connectivity index (χ4n) is 1.94. The van der Waals surface area contributed by atoms with E-state index in [9.17, 15) is 10.1 Å². The van der Waals surface area contributed by atoms with Crippen LogP contribution in [-0.2, 0) is 4.79 Å². The summed E-state index contributed by atoms with van der Waals surface area (Å²) in [6.45, 7) is 2.44. The van der Waals surface area contributed by atoms with Crippen LogP contribution in [0.2, 0.25) is 0 Å². The van der Waals surface area contributed by atoms with Crippen LogP contribution in [0.15, 0.2) is 54.1 Å². The highest BCUT2D eigenvalue weighted by molar-refractivity contribution is 14.1. The lowest BCUT2D eigenvalue weighted by molar-refractivity contribution is -0.112. The Morgan fingerprint density at radius 3 is 2.78 bits per heavy atom. The first kappa shape index (κ1) is 17.0. The third-order valence-electron chi connectivity index (χ3n) is 2.93. The number of nitrogens with zero attached hydrogens (tertiary/aromatic N) is 1. The molecular formula is C18H15IN2O2. The topological polar surface area (TPSA) is 62.1 Å². The molecule has 0 spiro atoms. The summed E-state index contributed by atoms with van der Waals surface area (Å²) in [7, 11) is 0. The number of hydrogen-bond acceptors (Lipinski definition) is 3. The first-order chi connectivity index (χ1) is 11.1. The van der Waals surface area contributed by atoms with Crippen LogP contribution in [0, 0.1) is 14.9 Å². The zero-order valence-electron chi connectivity index (χ0n) is 12.5. The van der Waals surface area contributed by atoms with Crippen molar-refractivity contribution in [3.63, 3.8) is 0 Å². The molecule has 0 radical (unpaired) electrons. The Hall–Kier alpha value is -2.33. The average Bonchev–Trinajstić information content (AvgIpc) is 2.53. The molecule has 5 heteroatoms. The van der Waals surface area contributed by atoms with Crippen molar-refractivity contribution in [1.82, 2.24) is 0 Å². The number of benzene rings is 2. The van der Waals surface area contributed by atoms with Crippen LogP contribution in [0.4, 0.5) is 5.69 Å². The molecule has 0 atom stereocenters. The van der Waals surface area contributed by atoms with Crippen molar-refractivity contribution < 1.29 is 9.53 Å². The molecule has 0 saturated heterocycles. The Morgan fingerprint density at radius 1 is 1.30 bits per heavy atom. The van der Waals surface area contributed by atoms with Crippen LogP contribution in [0.1, 0.15) is 12.5 Å². The monoisotopic (exact) mass is 418 g/mol. The van der Waals surface area contributed by atoms with Gasteiger partial charge in [-0.1, -0.05) is 18.2 Å². The van der Waals surface area contributed by atoms with E-state index < -0.39 is 5.91 Å². The van der Waals surface area contributed by atoms with Gasteiger partial charge in [-0.15, -0.1) is 0 Å². The molecule has 23 heavy (non-hydrogen) atoms. The minimum atomic E-state index is -0.444. The number of rotatable bonds is 5. The van der Waals surface area contributed by atoms with Crippen LogP contribution in [-0.4, -0.2) is 12.5 Å². The van der Waals surface area contributed by atoms with Crippen LogP contribution in [0.3, 0.4) is 0 Å². The quantitative estimate of drug-likeness (QED) is 0.449. The predicted molar refractivity (Wildman–Crippen MR) is 99.0 cm³/mol. The standard InChI is InChI=1S/C18H15IN2O2/c1-2-23-17-8-4-7-16(11-17)21-18(22)14(12-20)9-13-5-3-6-15(19)10-13/h3-11H,2H2,1H3,(H,21,22). The van der Waals surface area contributed by atoms with E-state index in [1.54, 1.807) is 24.3 Å². The number of nitrogens with one attached hydrogen (secondary N) is 1. The van der Waals surface area contributed by atoms with Crippen molar-refractivity contribution in [1.29, 1.82) is 5.26 Å². The highest BCUT2D eigenvalue weighted by Crippen LogP contribution is 2.18. The van der Waals surface area contributed by atoms with Gasteiger partial charge in [-0.3, -0.25) is 4.79 Å². The molecule has 2 aromatic carbocycles. The van der Waals surface area contributed by atoms with Gasteiger partial charge in [0.15, 0.2) is 0 Å². The number of nitriles is 1. The lowest BCUT2D eigenvalue weighted by atomic mass is 10.1. The second-order valence-electron chi connectivity index (χ2n) is 4.64. The maximum atomic E-state index is 12.3. The van der Waals surface area contributed by atoms with Gasteiger partial charge < -0.3 is 10.1 Å². The lowest BCUT2D eigenvalue weighted by Crippen LogP contribution is -2.13. The number of hydrogen-bond donors (Lipinski definition) is 1. The average molecular weight is 418 g/mol. The minimum absolute atomic E-state index is 0.0498. The van der Waals surface area contributed by atoms with E-state index >= 15 is 0 Å². The van der Waals surface area contributed by atoms with Gasteiger partial charge in [-0.2, -0.15) is 5.26 Å². The molecule has 4 nitrogen and oxygen atoms in total. The second-order valence-corrected chi connectivity index (χ2v) is 5.89. The summed E-state index contributed by atoms with van der Waals surface area (Å²) in [4.78, 5) is 12.3. The van der Waals surface area contributed by atoms with E-state index in [1.165, 1.54) is 0 Å². The second kappa shape index (κ2) is 8.34. The smallest absolute Gasteiger partial charge is 0.266 e. The number of carbonyl (C=O) groups is 1. The fourth-order valence-corrected chi connectivity index (χ4v) is 2.51. The molecule has 0 bridgehead atoms. The molecule has 116 valence electrons. The molecule has 0 aliphatic heterocycles. The van der Waals surface area contributed by atoms with Gasteiger partial charge in [0.1, 0.15) is 17.4 Å². The van der Waals surface area contributed by atoms with Crippen LogP contribution in [0.25, 0.3) is 6.08 Å². The van der Waals surface area contributed by atoms with E-state index in [0.717, 1.165) is 9.13 Å². The van der Waals surface area contributed by atoms with E-state index in [-0.39, 0.29) is 5.57 Å². The maximum Gasteiger partial charge on any atom is 0.266 e. The summed E-state index contributed by atoms with van der Waals surface area (Å²) in [5.41, 5.74) is 1.45. The van der Waals surface area contributed by atoms with Crippen molar-refractivity contribution >= 4 is 40.3 Å². The molecule has 0 unspecified atom stereocenters.